The lowest BCUT2D eigenvalue weighted by molar-refractivity contribution is 0.102. The quantitative estimate of drug-likeness (QED) is 0.618. The number of hydrogen-bond acceptors (Lipinski definition) is 1. The fraction of sp³-hybridized carbons (Fsp3) is 0. The molecule has 0 fully saturated rings. The zero-order valence-electron chi connectivity index (χ0n) is 9.68. The van der Waals surface area contributed by atoms with Gasteiger partial charge < -0.3 is 5.32 Å². The summed E-state index contributed by atoms with van der Waals surface area (Å²) in [5, 5.41) is 2.41. The molecule has 104 valence electrons. The second-order valence-electron chi connectivity index (χ2n) is 3.82. The summed E-state index contributed by atoms with van der Waals surface area (Å²) in [4.78, 5) is 12.1. The predicted octanol–water partition coefficient (Wildman–Crippen LogP) is 5.50. The van der Waals surface area contributed by atoms with Crippen molar-refractivity contribution >= 4 is 59.4 Å². The standard InChI is InChI=1S/C13H6Br3F2NO/c14-6-1-2-9(15)8(3-6)13(20)19-12-10(16)4-7(17)5-11(12)18/h1-5H,(H,19,20). The van der Waals surface area contributed by atoms with Gasteiger partial charge in [-0.05, 0) is 56.1 Å². The molecule has 0 saturated carbocycles. The van der Waals surface area contributed by atoms with Crippen LogP contribution in [0.5, 0.6) is 0 Å². The summed E-state index contributed by atoms with van der Waals surface area (Å²) in [5.41, 5.74) is 0.221. The van der Waals surface area contributed by atoms with Crippen LogP contribution in [0.3, 0.4) is 0 Å². The van der Waals surface area contributed by atoms with Crippen LogP contribution in [-0.4, -0.2) is 5.91 Å². The lowest BCUT2D eigenvalue weighted by atomic mass is 10.2. The molecule has 0 aliphatic rings. The molecule has 7 heteroatoms. The topological polar surface area (TPSA) is 29.1 Å². The molecule has 20 heavy (non-hydrogen) atoms. The minimum atomic E-state index is -0.851. The maximum Gasteiger partial charge on any atom is 0.256 e. The SMILES string of the molecule is O=C(Nc1c(F)cc(F)cc1Br)c1cc(Br)ccc1Br. The summed E-state index contributed by atoms with van der Waals surface area (Å²) < 4.78 is 28.1. The van der Waals surface area contributed by atoms with Crippen LogP contribution in [-0.2, 0) is 0 Å². The van der Waals surface area contributed by atoms with E-state index in [1.165, 1.54) is 0 Å². The average Bonchev–Trinajstić information content (AvgIpc) is 2.36. The van der Waals surface area contributed by atoms with E-state index in [1.807, 2.05) is 0 Å². The molecule has 2 aromatic carbocycles. The lowest BCUT2D eigenvalue weighted by Crippen LogP contribution is -2.14. The number of anilines is 1. The van der Waals surface area contributed by atoms with E-state index in [4.69, 9.17) is 0 Å². The van der Waals surface area contributed by atoms with E-state index in [9.17, 15) is 13.6 Å². The molecule has 0 unspecified atom stereocenters. The molecule has 0 aromatic heterocycles. The van der Waals surface area contributed by atoms with E-state index in [0.29, 0.717) is 20.6 Å². The summed E-state index contributed by atoms with van der Waals surface area (Å²) in [6, 6.07) is 6.82. The normalized spacial score (nSPS) is 10.4. The Bertz CT molecular complexity index is 668. The van der Waals surface area contributed by atoms with Crippen molar-refractivity contribution in [3.8, 4) is 0 Å². The molecular weight excluding hydrogens is 464 g/mol. The summed E-state index contributed by atoms with van der Waals surface area (Å²) in [7, 11) is 0. The number of halogens is 5. The average molecular weight is 470 g/mol. The van der Waals surface area contributed by atoms with Gasteiger partial charge in [0.25, 0.3) is 5.91 Å². The maximum absolute atomic E-state index is 13.7. The molecule has 0 radical (unpaired) electrons. The molecule has 0 aliphatic heterocycles. The highest BCUT2D eigenvalue weighted by Crippen LogP contribution is 2.29. The number of rotatable bonds is 2. The van der Waals surface area contributed by atoms with Gasteiger partial charge in [0.15, 0.2) is 5.82 Å². The third-order valence-corrected chi connectivity index (χ3v) is 4.23. The molecule has 2 aromatic rings. The fourth-order valence-electron chi connectivity index (χ4n) is 1.51. The third kappa shape index (κ3) is 3.45. The zero-order chi connectivity index (χ0) is 14.9. The summed E-state index contributed by atoms with van der Waals surface area (Å²) >= 11 is 9.52. The van der Waals surface area contributed by atoms with Crippen molar-refractivity contribution < 1.29 is 13.6 Å². The van der Waals surface area contributed by atoms with Crippen molar-refractivity contribution in [2.45, 2.75) is 0 Å². The molecule has 0 bridgehead atoms. The molecule has 0 atom stereocenters. The molecular formula is C13H6Br3F2NO. The van der Waals surface area contributed by atoms with Gasteiger partial charge in [-0.25, -0.2) is 8.78 Å². The highest BCUT2D eigenvalue weighted by Gasteiger charge is 2.16. The van der Waals surface area contributed by atoms with Gasteiger partial charge in [-0.1, -0.05) is 15.9 Å². The van der Waals surface area contributed by atoms with Crippen LogP contribution < -0.4 is 5.32 Å². The highest BCUT2D eigenvalue weighted by molar-refractivity contribution is 9.11. The van der Waals surface area contributed by atoms with Crippen LogP contribution in [0.25, 0.3) is 0 Å². The zero-order valence-corrected chi connectivity index (χ0v) is 14.4. The number of hydrogen-bond donors (Lipinski definition) is 1. The molecule has 2 nitrogen and oxygen atoms in total. The highest BCUT2D eigenvalue weighted by atomic mass is 79.9. The van der Waals surface area contributed by atoms with Gasteiger partial charge in [0.05, 0.1) is 11.3 Å². The second kappa shape index (κ2) is 6.32. The van der Waals surface area contributed by atoms with E-state index in [1.54, 1.807) is 18.2 Å². The van der Waals surface area contributed by atoms with E-state index in [2.05, 4.69) is 53.1 Å². The summed E-state index contributed by atoms with van der Waals surface area (Å²) in [6.45, 7) is 0. The van der Waals surface area contributed by atoms with Crippen molar-refractivity contribution in [2.75, 3.05) is 5.32 Å². The number of amides is 1. The number of nitrogens with one attached hydrogen (secondary N) is 1. The third-order valence-electron chi connectivity index (χ3n) is 2.42. The van der Waals surface area contributed by atoms with Crippen LogP contribution in [0.1, 0.15) is 10.4 Å². The van der Waals surface area contributed by atoms with Gasteiger partial charge >= 0.3 is 0 Å². The lowest BCUT2D eigenvalue weighted by Gasteiger charge is -2.10. The van der Waals surface area contributed by atoms with Crippen LogP contribution in [0.15, 0.2) is 43.7 Å². The monoisotopic (exact) mass is 467 g/mol. The van der Waals surface area contributed by atoms with Crippen molar-refractivity contribution in [1.29, 1.82) is 0 Å². The van der Waals surface area contributed by atoms with Gasteiger partial charge in [-0.3, -0.25) is 4.79 Å². The fourth-order valence-corrected chi connectivity index (χ4v) is 2.81. The van der Waals surface area contributed by atoms with Gasteiger partial charge in [0, 0.05) is 19.5 Å². The largest absolute Gasteiger partial charge is 0.318 e. The minimum Gasteiger partial charge on any atom is -0.318 e. The van der Waals surface area contributed by atoms with Crippen LogP contribution in [0.4, 0.5) is 14.5 Å². The summed E-state index contributed by atoms with van der Waals surface area (Å²) in [5.74, 6) is -2.09. The van der Waals surface area contributed by atoms with Crippen LogP contribution in [0.2, 0.25) is 0 Å². The Kier molecular flexibility index (Phi) is 4.93. The minimum absolute atomic E-state index is 0.108. The molecule has 0 saturated heterocycles. The van der Waals surface area contributed by atoms with Crippen molar-refractivity contribution in [3.63, 3.8) is 0 Å². The second-order valence-corrected chi connectivity index (χ2v) is 6.45. The van der Waals surface area contributed by atoms with Crippen molar-refractivity contribution in [2.24, 2.45) is 0 Å². The Morgan fingerprint density at radius 2 is 1.70 bits per heavy atom. The Balaban J connectivity index is 2.35. The number of carbonyl (C=O) groups is 1. The molecule has 0 aliphatic carbocycles. The molecule has 1 N–H and O–H groups in total. The first kappa shape index (κ1) is 15.6. The van der Waals surface area contributed by atoms with Gasteiger partial charge in [0.1, 0.15) is 5.82 Å². The molecule has 0 spiro atoms. The van der Waals surface area contributed by atoms with Crippen molar-refractivity contribution in [3.05, 3.63) is 60.9 Å². The first-order valence-corrected chi connectivity index (χ1v) is 7.67. The first-order chi connectivity index (χ1) is 9.38. The molecule has 0 heterocycles. The van der Waals surface area contributed by atoms with E-state index >= 15 is 0 Å². The van der Waals surface area contributed by atoms with Crippen molar-refractivity contribution in [1.82, 2.24) is 0 Å². The van der Waals surface area contributed by atoms with E-state index in [0.717, 1.165) is 6.07 Å². The maximum atomic E-state index is 13.7. The summed E-state index contributed by atoms with van der Waals surface area (Å²) in [6.07, 6.45) is 0. The first-order valence-electron chi connectivity index (χ1n) is 5.29. The van der Waals surface area contributed by atoms with Gasteiger partial charge in [0.2, 0.25) is 0 Å². The predicted molar refractivity (Wildman–Crippen MR) is 83.9 cm³/mol. The van der Waals surface area contributed by atoms with Crippen LogP contribution >= 0.6 is 47.8 Å². The van der Waals surface area contributed by atoms with Gasteiger partial charge in [-0.2, -0.15) is 0 Å². The number of carbonyl (C=O) groups excluding carboxylic acids is 1. The van der Waals surface area contributed by atoms with E-state index in [-0.39, 0.29) is 10.2 Å². The Labute approximate surface area is 138 Å². The van der Waals surface area contributed by atoms with Crippen LogP contribution in [0, 0.1) is 11.6 Å². The Hall–Kier alpha value is -0.790. The molecule has 2 rings (SSSR count). The Morgan fingerprint density at radius 3 is 2.35 bits per heavy atom. The smallest absolute Gasteiger partial charge is 0.256 e. The molecule has 1 amide bonds. The van der Waals surface area contributed by atoms with E-state index < -0.39 is 17.5 Å². The Morgan fingerprint density at radius 1 is 1.00 bits per heavy atom. The number of benzene rings is 2. The van der Waals surface area contributed by atoms with Gasteiger partial charge in [-0.15, -0.1) is 0 Å².